The van der Waals surface area contributed by atoms with Crippen LogP contribution in [-0.2, 0) is 16.0 Å². The molecule has 14 heavy (non-hydrogen) atoms. The Morgan fingerprint density at radius 3 is 2.64 bits per heavy atom. The highest BCUT2D eigenvalue weighted by Gasteiger charge is 2.08. The second-order valence-corrected chi connectivity index (χ2v) is 3.28. The number of hydrogen-bond acceptors (Lipinski definition) is 2. The highest BCUT2D eigenvalue weighted by Crippen LogP contribution is 2.05. The van der Waals surface area contributed by atoms with E-state index in [0.29, 0.717) is 0 Å². The van der Waals surface area contributed by atoms with E-state index in [4.69, 9.17) is 5.11 Å². The molecule has 0 bridgehead atoms. The number of hydrogen-bond donors (Lipinski definition) is 1. The molecule has 0 aliphatic carbocycles. The molecule has 3 nitrogen and oxygen atoms in total. The van der Waals surface area contributed by atoms with E-state index < -0.39 is 12.4 Å². The van der Waals surface area contributed by atoms with Crippen molar-refractivity contribution in [2.45, 2.75) is 19.8 Å². The molecule has 0 spiro atoms. The minimum absolute atomic E-state index is 0.202. The van der Waals surface area contributed by atoms with Gasteiger partial charge in [-0.05, 0) is 12.5 Å². The summed E-state index contributed by atoms with van der Waals surface area (Å²) in [6.45, 7) is 1.94. The normalized spacial score (nSPS) is 9.79. The summed E-state index contributed by atoms with van der Waals surface area (Å²) >= 11 is 0. The number of aryl methyl sites for hydroxylation is 1. The van der Waals surface area contributed by atoms with Gasteiger partial charge in [0.15, 0.2) is 0 Å². The molecule has 1 rings (SSSR count). The van der Waals surface area contributed by atoms with Crippen molar-refractivity contribution in [1.29, 1.82) is 0 Å². The summed E-state index contributed by atoms with van der Waals surface area (Å²) in [6, 6.07) is 7.51. The lowest BCUT2D eigenvalue weighted by atomic mass is 10.1. The van der Waals surface area contributed by atoms with E-state index in [1.807, 2.05) is 31.2 Å². The molecule has 74 valence electrons. The molecule has 0 amide bonds. The molecule has 0 heterocycles. The van der Waals surface area contributed by atoms with Gasteiger partial charge >= 0.3 is 5.97 Å². The maximum absolute atomic E-state index is 11.2. The maximum Gasteiger partial charge on any atom is 0.310 e. The van der Waals surface area contributed by atoms with Crippen molar-refractivity contribution in [3.8, 4) is 0 Å². The van der Waals surface area contributed by atoms with Crippen molar-refractivity contribution < 1.29 is 14.7 Å². The molecular weight excluding hydrogens is 180 g/mol. The van der Waals surface area contributed by atoms with Gasteiger partial charge in [0.2, 0.25) is 0 Å². The standard InChI is InChI=1S/C11H12O3/c1-8-3-2-4-9(5-8)6-10(12)7-11(13)14/h2-5H,6-7H2,1H3,(H,13,14). The number of rotatable bonds is 4. The summed E-state index contributed by atoms with van der Waals surface area (Å²) in [4.78, 5) is 21.4. The second-order valence-electron chi connectivity index (χ2n) is 3.28. The van der Waals surface area contributed by atoms with Crippen molar-refractivity contribution in [2.24, 2.45) is 0 Å². The monoisotopic (exact) mass is 192 g/mol. The highest BCUT2D eigenvalue weighted by atomic mass is 16.4. The quantitative estimate of drug-likeness (QED) is 0.737. The van der Waals surface area contributed by atoms with Crippen molar-refractivity contribution in [3.05, 3.63) is 35.4 Å². The third kappa shape index (κ3) is 3.39. The van der Waals surface area contributed by atoms with Crippen LogP contribution in [0.4, 0.5) is 0 Å². The number of ketones is 1. The number of Topliss-reactive ketones (excluding diaryl/α,β-unsaturated/α-hetero) is 1. The van der Waals surface area contributed by atoms with Crippen LogP contribution in [0.2, 0.25) is 0 Å². The third-order valence-electron chi connectivity index (χ3n) is 1.83. The average Bonchev–Trinajstić information content (AvgIpc) is 2.01. The zero-order chi connectivity index (χ0) is 10.6. The Hall–Kier alpha value is -1.64. The van der Waals surface area contributed by atoms with Gasteiger partial charge in [-0.1, -0.05) is 29.8 Å². The Kier molecular flexibility index (Phi) is 3.40. The van der Waals surface area contributed by atoms with Gasteiger partial charge in [0.05, 0.1) is 0 Å². The van der Waals surface area contributed by atoms with E-state index in [0.717, 1.165) is 11.1 Å². The molecule has 1 aromatic carbocycles. The molecule has 1 aromatic rings. The molecule has 0 unspecified atom stereocenters. The van der Waals surface area contributed by atoms with Gasteiger partial charge in [0, 0.05) is 6.42 Å². The zero-order valence-corrected chi connectivity index (χ0v) is 7.99. The maximum atomic E-state index is 11.2. The molecule has 0 radical (unpaired) electrons. The van der Waals surface area contributed by atoms with Crippen LogP contribution in [0.1, 0.15) is 17.5 Å². The fourth-order valence-electron chi connectivity index (χ4n) is 1.28. The average molecular weight is 192 g/mol. The minimum atomic E-state index is -1.07. The van der Waals surface area contributed by atoms with E-state index in [-0.39, 0.29) is 12.2 Å². The van der Waals surface area contributed by atoms with Crippen LogP contribution in [0.15, 0.2) is 24.3 Å². The first kappa shape index (κ1) is 10.4. The summed E-state index contributed by atoms with van der Waals surface area (Å²) in [7, 11) is 0. The first-order valence-electron chi connectivity index (χ1n) is 4.37. The smallest absolute Gasteiger partial charge is 0.310 e. The van der Waals surface area contributed by atoms with E-state index in [2.05, 4.69) is 0 Å². The SMILES string of the molecule is Cc1cccc(CC(=O)CC(=O)O)c1. The van der Waals surface area contributed by atoms with E-state index in [1.54, 1.807) is 0 Å². The van der Waals surface area contributed by atoms with Crippen LogP contribution < -0.4 is 0 Å². The molecule has 0 saturated carbocycles. The first-order valence-corrected chi connectivity index (χ1v) is 4.37. The zero-order valence-electron chi connectivity index (χ0n) is 7.99. The molecule has 0 saturated heterocycles. The number of aliphatic carboxylic acids is 1. The third-order valence-corrected chi connectivity index (χ3v) is 1.83. The summed E-state index contributed by atoms with van der Waals surface area (Å²) < 4.78 is 0. The number of benzene rings is 1. The summed E-state index contributed by atoms with van der Waals surface area (Å²) in [6.07, 6.45) is -0.193. The van der Waals surface area contributed by atoms with E-state index in [9.17, 15) is 9.59 Å². The highest BCUT2D eigenvalue weighted by molar-refractivity contribution is 5.95. The largest absolute Gasteiger partial charge is 0.481 e. The number of carboxylic acid groups (broad SMARTS) is 1. The lowest BCUT2D eigenvalue weighted by Gasteiger charge is -2.00. The molecule has 0 aliphatic rings. The molecular formula is C11H12O3. The van der Waals surface area contributed by atoms with Crippen LogP contribution >= 0.6 is 0 Å². The second kappa shape index (κ2) is 4.56. The minimum Gasteiger partial charge on any atom is -0.481 e. The molecule has 3 heteroatoms. The fourth-order valence-corrected chi connectivity index (χ4v) is 1.28. The number of carbonyl (C=O) groups excluding carboxylic acids is 1. The van der Waals surface area contributed by atoms with E-state index in [1.165, 1.54) is 0 Å². The van der Waals surface area contributed by atoms with Crippen molar-refractivity contribution in [3.63, 3.8) is 0 Å². The van der Waals surface area contributed by atoms with Crippen LogP contribution in [0.25, 0.3) is 0 Å². The predicted molar refractivity (Wildman–Crippen MR) is 52.1 cm³/mol. The summed E-state index contributed by atoms with van der Waals surface area (Å²) in [5, 5.41) is 8.40. The lowest BCUT2D eigenvalue weighted by molar-refractivity contribution is -0.140. The van der Waals surface area contributed by atoms with Crippen LogP contribution in [0.3, 0.4) is 0 Å². The van der Waals surface area contributed by atoms with Gasteiger partial charge in [-0.25, -0.2) is 0 Å². The Bertz CT molecular complexity index is 355. The summed E-state index contributed by atoms with van der Waals surface area (Å²) in [5.41, 5.74) is 1.95. The van der Waals surface area contributed by atoms with Crippen LogP contribution in [-0.4, -0.2) is 16.9 Å². The van der Waals surface area contributed by atoms with Crippen molar-refractivity contribution in [1.82, 2.24) is 0 Å². The molecule has 1 N–H and O–H groups in total. The van der Waals surface area contributed by atoms with Crippen LogP contribution in [0, 0.1) is 6.92 Å². The number of carboxylic acids is 1. The van der Waals surface area contributed by atoms with Crippen LogP contribution in [0.5, 0.6) is 0 Å². The van der Waals surface area contributed by atoms with Gasteiger partial charge < -0.3 is 5.11 Å². The predicted octanol–water partition coefficient (Wildman–Crippen LogP) is 1.58. The van der Waals surface area contributed by atoms with Gasteiger partial charge in [-0.3, -0.25) is 9.59 Å². The Morgan fingerprint density at radius 1 is 1.36 bits per heavy atom. The first-order chi connectivity index (χ1) is 6.58. The van der Waals surface area contributed by atoms with Crippen molar-refractivity contribution >= 4 is 11.8 Å². The topological polar surface area (TPSA) is 54.4 Å². The lowest BCUT2D eigenvalue weighted by Crippen LogP contribution is -2.09. The Morgan fingerprint density at radius 2 is 2.07 bits per heavy atom. The fraction of sp³-hybridized carbons (Fsp3) is 0.273. The summed E-state index contributed by atoms with van der Waals surface area (Å²) in [5.74, 6) is -1.33. The molecule has 0 aliphatic heterocycles. The Balaban J connectivity index is 2.60. The molecule has 0 fully saturated rings. The van der Waals surface area contributed by atoms with E-state index >= 15 is 0 Å². The van der Waals surface area contributed by atoms with Gasteiger partial charge in [0.1, 0.15) is 12.2 Å². The van der Waals surface area contributed by atoms with Gasteiger partial charge in [-0.15, -0.1) is 0 Å². The van der Waals surface area contributed by atoms with Gasteiger partial charge in [0.25, 0.3) is 0 Å². The molecule has 0 atom stereocenters. The Labute approximate surface area is 82.4 Å². The number of carbonyl (C=O) groups is 2. The molecule has 0 aromatic heterocycles. The van der Waals surface area contributed by atoms with Crippen molar-refractivity contribution in [2.75, 3.05) is 0 Å². The van der Waals surface area contributed by atoms with Gasteiger partial charge in [-0.2, -0.15) is 0 Å².